The third kappa shape index (κ3) is 1.44. The molecule has 27 heavy (non-hydrogen) atoms. The molecule has 0 unspecified atom stereocenters. The average Bonchev–Trinajstić information content (AvgIpc) is 3.29. The molecule has 1 saturated carbocycles. The van der Waals surface area contributed by atoms with E-state index < -0.39 is 22.2 Å². The molecule has 4 aliphatic heterocycles. The Bertz CT molecular complexity index is 915. The summed E-state index contributed by atoms with van der Waals surface area (Å²) in [5, 5.41) is 3.01. The normalized spacial score (nSPS) is 45.8. The minimum Gasteiger partial charge on any atom is -0.468 e. The van der Waals surface area contributed by atoms with Crippen LogP contribution in [0.25, 0.3) is 0 Å². The molecule has 6 heteroatoms. The van der Waals surface area contributed by atoms with Crippen molar-refractivity contribution in [1.82, 2.24) is 4.90 Å². The molecule has 6 rings (SSSR count). The molecule has 0 radical (unpaired) electrons. The van der Waals surface area contributed by atoms with Gasteiger partial charge >= 0.3 is 5.97 Å². The van der Waals surface area contributed by atoms with E-state index in [9.17, 15) is 9.59 Å². The summed E-state index contributed by atoms with van der Waals surface area (Å²) >= 11 is 0. The fraction of sp³-hybridized carbons (Fsp3) is 0.524. The average molecular weight is 366 g/mol. The summed E-state index contributed by atoms with van der Waals surface area (Å²) in [4.78, 5) is 29.3. The number of piperidine rings is 1. The number of hydrogen-bond acceptors (Lipinski definition) is 5. The molecule has 1 aromatic rings. The van der Waals surface area contributed by atoms with Crippen molar-refractivity contribution >= 4 is 17.6 Å². The minimum atomic E-state index is -1.26. The number of hydrogen-bond donors (Lipinski definition) is 1. The van der Waals surface area contributed by atoms with Crippen LogP contribution in [0.2, 0.25) is 0 Å². The van der Waals surface area contributed by atoms with Crippen LogP contribution in [0.4, 0.5) is 5.69 Å². The zero-order chi connectivity index (χ0) is 18.6. The van der Waals surface area contributed by atoms with Gasteiger partial charge in [0.2, 0.25) is 5.91 Å². The summed E-state index contributed by atoms with van der Waals surface area (Å²) in [6, 6.07) is 7.92. The first-order valence-corrected chi connectivity index (χ1v) is 9.58. The van der Waals surface area contributed by atoms with Crippen molar-refractivity contribution in [3.8, 4) is 0 Å². The first-order valence-electron chi connectivity index (χ1n) is 9.58. The maximum atomic E-state index is 13.6. The monoisotopic (exact) mass is 366 g/mol. The van der Waals surface area contributed by atoms with Crippen molar-refractivity contribution in [3.05, 3.63) is 42.5 Å². The molecular weight excluding hydrogens is 344 g/mol. The number of nitrogens with zero attached hydrogens (tertiary/aromatic N) is 1. The largest absolute Gasteiger partial charge is 0.468 e. The quantitative estimate of drug-likeness (QED) is 0.371. The number of amides is 1. The van der Waals surface area contributed by atoms with Gasteiger partial charge in [-0.05, 0) is 31.0 Å². The number of carbonyl (C=O) groups is 2. The van der Waals surface area contributed by atoms with Gasteiger partial charge in [-0.15, -0.1) is 6.58 Å². The molecule has 6 atom stereocenters. The van der Waals surface area contributed by atoms with Crippen LogP contribution in [0.5, 0.6) is 0 Å². The van der Waals surface area contributed by atoms with Crippen molar-refractivity contribution in [2.45, 2.75) is 36.5 Å². The van der Waals surface area contributed by atoms with E-state index in [0.29, 0.717) is 6.42 Å². The van der Waals surface area contributed by atoms with E-state index in [1.54, 1.807) is 0 Å². The Morgan fingerprint density at radius 1 is 1.44 bits per heavy atom. The van der Waals surface area contributed by atoms with Gasteiger partial charge < -0.3 is 14.8 Å². The maximum absolute atomic E-state index is 13.6. The Morgan fingerprint density at radius 2 is 2.26 bits per heavy atom. The molecular formula is C21H22N2O4. The highest BCUT2D eigenvalue weighted by atomic mass is 16.6. The number of epoxide rings is 1. The van der Waals surface area contributed by atoms with Gasteiger partial charge in [0.05, 0.1) is 19.3 Å². The van der Waals surface area contributed by atoms with Crippen LogP contribution in [-0.4, -0.2) is 55.2 Å². The van der Waals surface area contributed by atoms with Crippen LogP contribution in [0.3, 0.4) is 0 Å². The third-order valence-electron chi connectivity index (χ3n) is 7.95. The Labute approximate surface area is 157 Å². The predicted molar refractivity (Wildman–Crippen MR) is 97.1 cm³/mol. The molecule has 0 aromatic heterocycles. The van der Waals surface area contributed by atoms with Crippen molar-refractivity contribution in [2.24, 2.45) is 10.8 Å². The van der Waals surface area contributed by atoms with Gasteiger partial charge in [-0.2, -0.15) is 0 Å². The van der Waals surface area contributed by atoms with Crippen LogP contribution in [0.15, 0.2) is 36.9 Å². The van der Waals surface area contributed by atoms with Crippen LogP contribution in [-0.2, 0) is 24.5 Å². The van der Waals surface area contributed by atoms with E-state index >= 15 is 0 Å². The predicted octanol–water partition coefficient (Wildman–Crippen LogP) is 1.47. The lowest BCUT2D eigenvalue weighted by atomic mass is 9.57. The zero-order valence-corrected chi connectivity index (χ0v) is 15.2. The zero-order valence-electron chi connectivity index (χ0n) is 15.2. The van der Waals surface area contributed by atoms with E-state index in [4.69, 9.17) is 9.47 Å². The van der Waals surface area contributed by atoms with Crippen molar-refractivity contribution in [1.29, 1.82) is 0 Å². The van der Waals surface area contributed by atoms with Gasteiger partial charge in [-0.1, -0.05) is 24.3 Å². The van der Waals surface area contributed by atoms with E-state index in [1.807, 2.05) is 24.3 Å². The highest BCUT2D eigenvalue weighted by molar-refractivity contribution is 6.14. The fourth-order valence-electron chi connectivity index (χ4n) is 7.12. The lowest BCUT2D eigenvalue weighted by Gasteiger charge is -2.48. The number of carbonyl (C=O) groups excluding carboxylic acids is 2. The number of esters is 1. The van der Waals surface area contributed by atoms with Gasteiger partial charge in [0.1, 0.15) is 0 Å². The fourth-order valence-corrected chi connectivity index (χ4v) is 7.12. The van der Waals surface area contributed by atoms with Gasteiger partial charge in [0.25, 0.3) is 0 Å². The second kappa shape index (κ2) is 4.62. The topological polar surface area (TPSA) is 71.2 Å². The van der Waals surface area contributed by atoms with E-state index in [-0.39, 0.29) is 24.2 Å². The molecule has 1 amide bonds. The Kier molecular flexibility index (Phi) is 2.71. The lowest BCUT2D eigenvalue weighted by molar-refractivity contribution is -0.162. The Morgan fingerprint density at radius 3 is 3.04 bits per heavy atom. The summed E-state index contributed by atoms with van der Waals surface area (Å²) < 4.78 is 11.3. The van der Waals surface area contributed by atoms with Crippen LogP contribution in [0, 0.1) is 10.8 Å². The summed E-state index contributed by atoms with van der Waals surface area (Å²) in [6.07, 6.45) is 3.30. The van der Waals surface area contributed by atoms with E-state index in [0.717, 1.165) is 30.8 Å². The van der Waals surface area contributed by atoms with Crippen LogP contribution < -0.4 is 5.32 Å². The number of nitrogens with one attached hydrogen (secondary N) is 1. The first-order chi connectivity index (χ1) is 13.0. The van der Waals surface area contributed by atoms with Gasteiger partial charge in [0.15, 0.2) is 5.41 Å². The lowest BCUT2D eigenvalue weighted by Crippen LogP contribution is -2.62. The number of fused-ring (bicyclic) bond motifs is 3. The van der Waals surface area contributed by atoms with E-state index in [1.165, 1.54) is 7.11 Å². The summed E-state index contributed by atoms with van der Waals surface area (Å²) in [7, 11) is 1.38. The van der Waals surface area contributed by atoms with Crippen molar-refractivity contribution in [2.75, 3.05) is 25.5 Å². The van der Waals surface area contributed by atoms with Gasteiger partial charge in [-0.25, -0.2) is 0 Å². The summed E-state index contributed by atoms with van der Waals surface area (Å²) in [5.74, 6) is -0.688. The first kappa shape index (κ1) is 15.8. The minimum absolute atomic E-state index is 0.0116. The van der Waals surface area contributed by atoms with Gasteiger partial charge in [-0.3, -0.25) is 14.5 Å². The number of anilines is 1. The Balaban J connectivity index is 1.71. The van der Waals surface area contributed by atoms with Crippen LogP contribution >= 0.6 is 0 Å². The summed E-state index contributed by atoms with van der Waals surface area (Å²) in [5.41, 5.74) is -0.454. The highest BCUT2D eigenvalue weighted by Crippen LogP contribution is 2.74. The molecule has 4 fully saturated rings. The SMILES string of the molecule is C=C[C@@]12C[C@]3(C(=O)OC)C(=O)Nc4ccccc4[C@@]34CCN(C[C@@H]3O[C@@H]31)[C@@H]24. The molecule has 6 nitrogen and oxygen atoms in total. The highest BCUT2D eigenvalue weighted by Gasteiger charge is 2.84. The van der Waals surface area contributed by atoms with Crippen LogP contribution in [0.1, 0.15) is 18.4 Å². The molecule has 4 heterocycles. The smallest absolute Gasteiger partial charge is 0.322 e. The molecule has 1 spiro atoms. The van der Waals surface area contributed by atoms with Crippen molar-refractivity contribution in [3.63, 3.8) is 0 Å². The second-order valence-corrected chi connectivity index (χ2v) is 8.60. The Hall–Kier alpha value is -2.18. The number of para-hydroxylation sites is 1. The maximum Gasteiger partial charge on any atom is 0.322 e. The number of ether oxygens (including phenoxy) is 2. The second-order valence-electron chi connectivity index (χ2n) is 8.60. The summed E-state index contributed by atoms with van der Waals surface area (Å²) in [6.45, 7) is 5.85. The molecule has 3 saturated heterocycles. The molecule has 1 N–H and O–H groups in total. The molecule has 1 aliphatic carbocycles. The molecule has 1 aromatic carbocycles. The molecule has 140 valence electrons. The van der Waals surface area contributed by atoms with Gasteiger partial charge in [0, 0.05) is 29.1 Å². The van der Waals surface area contributed by atoms with E-state index in [2.05, 4.69) is 22.9 Å². The van der Waals surface area contributed by atoms with Crippen molar-refractivity contribution < 1.29 is 19.1 Å². The standard InChI is InChI=1S/C21H22N2O4/c1-3-19-11-21(18(25)26-2)17(24)22-13-7-5-4-6-12(13)20(21)8-9-23(16(19)20)10-14-15(19)27-14/h3-7,14-16H,1,8-11H2,2H3,(H,22,24)/t14-,15-,16-,19+,20+,21+/m0/s1. The number of rotatable bonds is 2. The number of methoxy groups -OCH3 is 1. The third-order valence-corrected chi connectivity index (χ3v) is 7.95. The molecule has 0 bridgehead atoms. The molecule has 5 aliphatic rings. The number of benzene rings is 1.